The number of Topliss-reactive ketones (excluding diaryl/α,β-unsaturated/α-hetero) is 2. The smallest absolute Gasteiger partial charge is 0.313 e. The Morgan fingerprint density at radius 3 is 2.32 bits per heavy atom. The lowest BCUT2D eigenvalue weighted by atomic mass is 10.0. The van der Waals surface area contributed by atoms with Crippen LogP contribution < -0.4 is 0 Å². The highest BCUT2D eigenvalue weighted by molar-refractivity contribution is 6.05. The van der Waals surface area contributed by atoms with Crippen LogP contribution in [-0.2, 0) is 25.5 Å². The van der Waals surface area contributed by atoms with Crippen molar-refractivity contribution < 1.29 is 19.1 Å². The Labute approximate surface area is 112 Å². The Morgan fingerprint density at radius 1 is 1.00 bits per heavy atom. The van der Waals surface area contributed by atoms with E-state index in [0.717, 1.165) is 5.56 Å². The Bertz CT molecular complexity index is 437. The number of ketones is 2. The number of carbonyl (C=O) groups is 3. The molecule has 102 valence electrons. The summed E-state index contributed by atoms with van der Waals surface area (Å²) in [4.78, 5) is 34.1. The van der Waals surface area contributed by atoms with Crippen LogP contribution in [0.5, 0.6) is 0 Å². The summed E-state index contributed by atoms with van der Waals surface area (Å²) >= 11 is 0. The van der Waals surface area contributed by atoms with E-state index < -0.39 is 5.97 Å². The van der Waals surface area contributed by atoms with E-state index in [1.54, 1.807) is 6.92 Å². The highest BCUT2D eigenvalue weighted by Crippen LogP contribution is 2.05. The molecule has 0 aliphatic heterocycles. The molecule has 0 N–H and O–H groups in total. The fourth-order valence-corrected chi connectivity index (χ4v) is 1.67. The first-order valence-corrected chi connectivity index (χ1v) is 6.34. The minimum absolute atomic E-state index is 0.141. The Kier molecular flexibility index (Phi) is 6.50. The maximum Gasteiger partial charge on any atom is 0.313 e. The summed E-state index contributed by atoms with van der Waals surface area (Å²) in [6, 6.07) is 9.60. The molecule has 0 amide bonds. The van der Waals surface area contributed by atoms with Crippen molar-refractivity contribution in [3.8, 4) is 0 Å². The first-order valence-electron chi connectivity index (χ1n) is 6.34. The van der Waals surface area contributed by atoms with E-state index in [-0.39, 0.29) is 31.0 Å². The predicted molar refractivity (Wildman–Crippen MR) is 70.6 cm³/mol. The second-order valence-electron chi connectivity index (χ2n) is 4.22. The molecular weight excluding hydrogens is 244 g/mol. The molecule has 0 fully saturated rings. The lowest BCUT2D eigenvalue weighted by Gasteiger charge is -2.02. The summed E-state index contributed by atoms with van der Waals surface area (Å²) in [5.74, 6) is -1.09. The van der Waals surface area contributed by atoms with E-state index in [0.29, 0.717) is 12.8 Å². The van der Waals surface area contributed by atoms with E-state index in [9.17, 15) is 14.4 Å². The van der Waals surface area contributed by atoms with Gasteiger partial charge >= 0.3 is 5.97 Å². The molecule has 0 radical (unpaired) electrons. The van der Waals surface area contributed by atoms with E-state index in [2.05, 4.69) is 4.74 Å². The van der Waals surface area contributed by atoms with Crippen LogP contribution >= 0.6 is 0 Å². The number of carbonyl (C=O) groups excluding carboxylic acids is 3. The maximum absolute atomic E-state index is 11.6. The van der Waals surface area contributed by atoms with Crippen molar-refractivity contribution in [1.82, 2.24) is 0 Å². The number of ether oxygens (including phenoxy) is 1. The van der Waals surface area contributed by atoms with Gasteiger partial charge in [0, 0.05) is 6.42 Å². The van der Waals surface area contributed by atoms with Crippen molar-refractivity contribution in [1.29, 1.82) is 0 Å². The molecule has 0 aliphatic rings. The Morgan fingerprint density at radius 2 is 1.68 bits per heavy atom. The summed E-state index contributed by atoms with van der Waals surface area (Å²) in [5, 5.41) is 0. The Hall–Kier alpha value is -1.97. The molecule has 0 saturated heterocycles. The van der Waals surface area contributed by atoms with Gasteiger partial charge in [-0.1, -0.05) is 30.3 Å². The standard InChI is InChI=1S/C15H18O4/c1-2-19-15(18)11-14(17)10-13(16)9-8-12-6-4-3-5-7-12/h3-7H,2,8-11H2,1H3. The minimum atomic E-state index is -0.566. The lowest BCUT2D eigenvalue weighted by Crippen LogP contribution is -2.15. The fraction of sp³-hybridized carbons (Fsp3) is 0.400. The van der Waals surface area contributed by atoms with Gasteiger partial charge in [0.25, 0.3) is 0 Å². The second-order valence-corrected chi connectivity index (χ2v) is 4.22. The minimum Gasteiger partial charge on any atom is -0.466 e. The highest BCUT2D eigenvalue weighted by Gasteiger charge is 2.14. The SMILES string of the molecule is CCOC(=O)CC(=O)CC(=O)CCc1ccccc1. The molecule has 1 rings (SSSR count). The third kappa shape index (κ3) is 6.50. The molecule has 1 aromatic carbocycles. The van der Waals surface area contributed by atoms with Crippen molar-refractivity contribution in [3.63, 3.8) is 0 Å². The van der Waals surface area contributed by atoms with Crippen molar-refractivity contribution in [2.75, 3.05) is 6.61 Å². The van der Waals surface area contributed by atoms with Crippen molar-refractivity contribution in [2.24, 2.45) is 0 Å². The lowest BCUT2D eigenvalue weighted by molar-refractivity contribution is -0.145. The van der Waals surface area contributed by atoms with Crippen LogP contribution in [-0.4, -0.2) is 24.1 Å². The van der Waals surface area contributed by atoms with Crippen molar-refractivity contribution in [3.05, 3.63) is 35.9 Å². The summed E-state index contributed by atoms with van der Waals surface area (Å²) < 4.78 is 4.65. The van der Waals surface area contributed by atoms with E-state index in [1.807, 2.05) is 30.3 Å². The maximum atomic E-state index is 11.6. The fourth-order valence-electron chi connectivity index (χ4n) is 1.67. The van der Waals surface area contributed by atoms with Crippen LogP contribution in [0.15, 0.2) is 30.3 Å². The molecule has 0 bridgehead atoms. The number of benzene rings is 1. The predicted octanol–water partition coefficient (Wildman–Crippen LogP) is 2.10. The first kappa shape index (κ1) is 15.1. The first-order chi connectivity index (χ1) is 9.11. The van der Waals surface area contributed by atoms with Gasteiger partial charge in [0.1, 0.15) is 12.2 Å². The van der Waals surface area contributed by atoms with Gasteiger partial charge in [-0.25, -0.2) is 0 Å². The van der Waals surface area contributed by atoms with Gasteiger partial charge in [-0.3, -0.25) is 14.4 Å². The molecule has 0 unspecified atom stereocenters. The number of rotatable bonds is 8. The molecule has 0 spiro atoms. The topological polar surface area (TPSA) is 60.4 Å². The van der Waals surface area contributed by atoms with Gasteiger partial charge in [-0.2, -0.15) is 0 Å². The zero-order valence-corrected chi connectivity index (χ0v) is 11.1. The number of hydrogen-bond acceptors (Lipinski definition) is 4. The summed E-state index contributed by atoms with van der Waals surface area (Å²) in [7, 11) is 0. The monoisotopic (exact) mass is 262 g/mol. The van der Waals surface area contributed by atoms with Gasteiger partial charge in [-0.15, -0.1) is 0 Å². The molecule has 0 atom stereocenters. The third-order valence-electron chi connectivity index (χ3n) is 2.58. The summed E-state index contributed by atoms with van der Waals surface area (Å²) in [6.07, 6.45) is 0.432. The molecule has 4 heteroatoms. The highest BCUT2D eigenvalue weighted by atomic mass is 16.5. The number of hydrogen-bond donors (Lipinski definition) is 0. The van der Waals surface area contributed by atoms with Crippen LogP contribution in [0.4, 0.5) is 0 Å². The molecule has 4 nitrogen and oxygen atoms in total. The zero-order valence-electron chi connectivity index (χ0n) is 11.1. The number of esters is 1. The average Bonchev–Trinajstić information content (AvgIpc) is 2.37. The summed E-state index contributed by atoms with van der Waals surface area (Å²) in [5.41, 5.74) is 1.06. The van der Waals surface area contributed by atoms with Gasteiger partial charge in [-0.05, 0) is 18.9 Å². The van der Waals surface area contributed by atoms with E-state index in [1.165, 1.54) is 0 Å². The molecule has 0 aliphatic carbocycles. The van der Waals surface area contributed by atoms with Crippen LogP contribution in [0.2, 0.25) is 0 Å². The largest absolute Gasteiger partial charge is 0.466 e. The van der Waals surface area contributed by atoms with E-state index in [4.69, 9.17) is 0 Å². The molecular formula is C15H18O4. The summed E-state index contributed by atoms with van der Waals surface area (Å²) in [6.45, 7) is 1.92. The van der Waals surface area contributed by atoms with Gasteiger partial charge < -0.3 is 4.74 Å². The quantitative estimate of drug-likeness (QED) is 0.531. The van der Waals surface area contributed by atoms with Gasteiger partial charge in [0.15, 0.2) is 5.78 Å². The Balaban J connectivity index is 2.27. The number of aryl methyl sites for hydroxylation is 1. The molecule has 1 aromatic rings. The van der Waals surface area contributed by atoms with Gasteiger partial charge in [0.05, 0.1) is 13.0 Å². The van der Waals surface area contributed by atoms with Crippen LogP contribution in [0.1, 0.15) is 31.7 Å². The van der Waals surface area contributed by atoms with Crippen LogP contribution in [0, 0.1) is 0 Å². The van der Waals surface area contributed by atoms with Crippen molar-refractivity contribution in [2.45, 2.75) is 32.6 Å². The normalized spacial score (nSPS) is 9.95. The average molecular weight is 262 g/mol. The third-order valence-corrected chi connectivity index (χ3v) is 2.58. The molecule has 19 heavy (non-hydrogen) atoms. The van der Waals surface area contributed by atoms with Gasteiger partial charge in [0.2, 0.25) is 0 Å². The molecule has 0 saturated carbocycles. The van der Waals surface area contributed by atoms with Crippen LogP contribution in [0.25, 0.3) is 0 Å². The molecule has 0 aromatic heterocycles. The second kappa shape index (κ2) is 8.19. The van der Waals surface area contributed by atoms with E-state index >= 15 is 0 Å². The van der Waals surface area contributed by atoms with Crippen LogP contribution in [0.3, 0.4) is 0 Å². The molecule has 0 heterocycles. The van der Waals surface area contributed by atoms with Crippen molar-refractivity contribution >= 4 is 17.5 Å². The zero-order chi connectivity index (χ0) is 14.1.